The lowest BCUT2D eigenvalue weighted by Crippen LogP contribution is -2.10. The lowest BCUT2D eigenvalue weighted by Gasteiger charge is -2.13. The number of nitrogens with zero attached hydrogens (tertiary/aromatic N) is 2. The molecule has 1 heterocycles. The third-order valence-electron chi connectivity index (χ3n) is 2.08. The van der Waals surface area contributed by atoms with Crippen LogP contribution in [-0.2, 0) is 6.18 Å². The first kappa shape index (κ1) is 12.1. The molecule has 1 aromatic carbocycles. The molecule has 0 saturated heterocycles. The minimum atomic E-state index is -4.51. The molecule has 3 nitrogen and oxygen atoms in total. The van der Waals surface area contributed by atoms with Gasteiger partial charge in [0.1, 0.15) is 6.33 Å². The van der Waals surface area contributed by atoms with E-state index < -0.39 is 11.7 Å². The standard InChI is InChI=1S/C9H5ClF3N3S/c10-5-1-2-7(6(3-5)9(11,12)13)16-4-14-15-8(16)17/h1-4H,(H,15,17). The van der Waals surface area contributed by atoms with Crippen molar-refractivity contribution >= 4 is 23.8 Å². The lowest BCUT2D eigenvalue weighted by atomic mass is 10.1. The normalized spacial score (nSPS) is 11.8. The van der Waals surface area contributed by atoms with Gasteiger partial charge in [0.15, 0.2) is 4.77 Å². The molecular weight excluding hydrogens is 275 g/mol. The summed E-state index contributed by atoms with van der Waals surface area (Å²) >= 11 is 10.4. The van der Waals surface area contributed by atoms with Crippen molar-refractivity contribution in [3.63, 3.8) is 0 Å². The van der Waals surface area contributed by atoms with E-state index >= 15 is 0 Å². The Balaban J connectivity index is 2.71. The number of aromatic amines is 1. The van der Waals surface area contributed by atoms with E-state index in [-0.39, 0.29) is 15.5 Å². The summed E-state index contributed by atoms with van der Waals surface area (Å²) in [4.78, 5) is 0. The summed E-state index contributed by atoms with van der Waals surface area (Å²) in [6, 6.07) is 3.46. The van der Waals surface area contributed by atoms with Crippen LogP contribution in [0.3, 0.4) is 0 Å². The van der Waals surface area contributed by atoms with Gasteiger partial charge in [0.2, 0.25) is 0 Å². The number of halogens is 4. The average molecular weight is 280 g/mol. The second kappa shape index (κ2) is 4.15. The minimum Gasteiger partial charge on any atom is -0.274 e. The highest BCUT2D eigenvalue weighted by Crippen LogP contribution is 2.35. The smallest absolute Gasteiger partial charge is 0.274 e. The van der Waals surface area contributed by atoms with Gasteiger partial charge in [0.25, 0.3) is 0 Å². The molecule has 2 aromatic rings. The van der Waals surface area contributed by atoms with Crippen LogP contribution in [0.2, 0.25) is 5.02 Å². The molecule has 8 heteroatoms. The molecule has 0 amide bonds. The molecule has 1 aromatic heterocycles. The Labute approximate surface area is 104 Å². The molecule has 0 aliphatic carbocycles. The summed E-state index contributed by atoms with van der Waals surface area (Å²) in [6.07, 6.45) is -3.33. The SMILES string of the molecule is FC(F)(F)c1cc(Cl)ccc1-n1cn[nH]c1=S. The summed E-state index contributed by atoms with van der Waals surface area (Å²) in [5.74, 6) is 0. The number of alkyl halides is 3. The van der Waals surface area contributed by atoms with Crippen molar-refractivity contribution in [3.05, 3.63) is 39.9 Å². The van der Waals surface area contributed by atoms with Gasteiger partial charge in [-0.05, 0) is 30.4 Å². The monoisotopic (exact) mass is 279 g/mol. The quantitative estimate of drug-likeness (QED) is 0.809. The zero-order valence-electron chi connectivity index (χ0n) is 8.12. The second-order valence-corrected chi connectivity index (χ2v) is 4.01. The molecule has 0 unspecified atom stereocenters. The number of hydrogen-bond acceptors (Lipinski definition) is 2. The van der Waals surface area contributed by atoms with Crippen LogP contribution < -0.4 is 0 Å². The van der Waals surface area contributed by atoms with Crippen molar-refractivity contribution < 1.29 is 13.2 Å². The van der Waals surface area contributed by atoms with Crippen LogP contribution in [0.5, 0.6) is 0 Å². The predicted molar refractivity (Wildman–Crippen MR) is 58.8 cm³/mol. The van der Waals surface area contributed by atoms with Gasteiger partial charge in [-0.15, -0.1) is 0 Å². The molecule has 0 fully saturated rings. The molecule has 0 aliphatic rings. The number of H-pyrrole nitrogens is 1. The number of nitrogens with one attached hydrogen (secondary N) is 1. The van der Waals surface area contributed by atoms with Crippen molar-refractivity contribution in [2.75, 3.05) is 0 Å². The van der Waals surface area contributed by atoms with Crippen LogP contribution in [-0.4, -0.2) is 14.8 Å². The third-order valence-corrected chi connectivity index (χ3v) is 2.60. The Morgan fingerprint density at radius 2 is 2.06 bits per heavy atom. The number of aromatic nitrogens is 3. The molecule has 1 N–H and O–H groups in total. The van der Waals surface area contributed by atoms with Crippen LogP contribution in [0.1, 0.15) is 5.56 Å². The van der Waals surface area contributed by atoms with Gasteiger partial charge < -0.3 is 0 Å². The number of rotatable bonds is 1. The highest BCUT2D eigenvalue weighted by Gasteiger charge is 2.34. The van der Waals surface area contributed by atoms with Crippen LogP contribution >= 0.6 is 23.8 Å². The fourth-order valence-corrected chi connectivity index (χ4v) is 1.74. The summed E-state index contributed by atoms with van der Waals surface area (Å²) < 4.78 is 39.7. The molecular formula is C9H5ClF3N3S. The van der Waals surface area contributed by atoms with E-state index in [0.717, 1.165) is 10.6 Å². The van der Waals surface area contributed by atoms with Crippen LogP contribution in [0, 0.1) is 4.77 Å². The fourth-order valence-electron chi connectivity index (χ4n) is 1.37. The van der Waals surface area contributed by atoms with Crippen LogP contribution in [0.4, 0.5) is 13.2 Å². The minimum absolute atomic E-state index is 0.0103. The third kappa shape index (κ3) is 2.34. The zero-order valence-corrected chi connectivity index (χ0v) is 9.70. The van der Waals surface area contributed by atoms with Gasteiger partial charge >= 0.3 is 6.18 Å². The maximum atomic E-state index is 12.8. The van der Waals surface area contributed by atoms with E-state index in [1.807, 2.05) is 0 Å². The molecule has 0 bridgehead atoms. The maximum absolute atomic E-state index is 12.8. The number of hydrogen-bond donors (Lipinski definition) is 1. The molecule has 0 saturated carbocycles. The largest absolute Gasteiger partial charge is 0.418 e. The van der Waals surface area contributed by atoms with Gasteiger partial charge in [-0.3, -0.25) is 9.67 Å². The van der Waals surface area contributed by atoms with Crippen molar-refractivity contribution in [2.24, 2.45) is 0 Å². The lowest BCUT2D eigenvalue weighted by molar-refractivity contribution is -0.137. The molecule has 0 spiro atoms. The topological polar surface area (TPSA) is 33.6 Å². The van der Waals surface area contributed by atoms with Gasteiger partial charge in [0, 0.05) is 5.02 Å². The zero-order chi connectivity index (χ0) is 12.6. The highest BCUT2D eigenvalue weighted by atomic mass is 35.5. The highest BCUT2D eigenvalue weighted by molar-refractivity contribution is 7.71. The van der Waals surface area contributed by atoms with Crippen molar-refractivity contribution in [1.82, 2.24) is 14.8 Å². The van der Waals surface area contributed by atoms with E-state index in [2.05, 4.69) is 10.2 Å². The Morgan fingerprint density at radius 1 is 1.35 bits per heavy atom. The average Bonchev–Trinajstić information content (AvgIpc) is 2.63. The first-order valence-electron chi connectivity index (χ1n) is 4.39. The van der Waals surface area contributed by atoms with Gasteiger partial charge in [-0.1, -0.05) is 11.6 Å². The Kier molecular flexibility index (Phi) is 2.96. The van der Waals surface area contributed by atoms with Gasteiger partial charge in [-0.25, -0.2) is 0 Å². The molecule has 2 rings (SSSR count). The van der Waals surface area contributed by atoms with Gasteiger partial charge in [0.05, 0.1) is 11.3 Å². The first-order valence-corrected chi connectivity index (χ1v) is 5.17. The molecule has 0 atom stereocenters. The van der Waals surface area contributed by atoms with Crippen molar-refractivity contribution in [1.29, 1.82) is 0 Å². The summed E-state index contributed by atoms with van der Waals surface area (Å²) in [5.41, 5.74) is -0.969. The first-order chi connectivity index (χ1) is 7.89. The van der Waals surface area contributed by atoms with E-state index in [0.29, 0.717) is 0 Å². The van der Waals surface area contributed by atoms with Crippen molar-refractivity contribution in [2.45, 2.75) is 6.18 Å². The van der Waals surface area contributed by atoms with E-state index in [1.54, 1.807) is 0 Å². The van der Waals surface area contributed by atoms with Crippen LogP contribution in [0.15, 0.2) is 24.5 Å². The molecule has 0 radical (unpaired) electrons. The molecule has 90 valence electrons. The summed E-state index contributed by atoms with van der Waals surface area (Å²) in [6.45, 7) is 0. The van der Waals surface area contributed by atoms with Gasteiger partial charge in [-0.2, -0.15) is 18.3 Å². The summed E-state index contributed by atoms with van der Waals surface area (Å²) in [7, 11) is 0. The van der Waals surface area contributed by atoms with E-state index in [1.165, 1.54) is 18.5 Å². The predicted octanol–water partition coefficient (Wildman–Crippen LogP) is 3.60. The fraction of sp³-hybridized carbons (Fsp3) is 0.111. The second-order valence-electron chi connectivity index (χ2n) is 3.19. The Hall–Kier alpha value is -1.34. The van der Waals surface area contributed by atoms with E-state index in [9.17, 15) is 13.2 Å². The Bertz CT molecular complexity index is 602. The van der Waals surface area contributed by atoms with Crippen molar-refractivity contribution in [3.8, 4) is 5.69 Å². The Morgan fingerprint density at radius 3 is 2.59 bits per heavy atom. The maximum Gasteiger partial charge on any atom is 0.418 e. The molecule has 0 aliphatic heterocycles. The number of benzene rings is 1. The van der Waals surface area contributed by atoms with E-state index in [4.69, 9.17) is 23.8 Å². The van der Waals surface area contributed by atoms with Crippen LogP contribution in [0.25, 0.3) is 5.69 Å². The summed E-state index contributed by atoms with van der Waals surface area (Å²) in [5, 5.41) is 5.98. The molecule has 17 heavy (non-hydrogen) atoms.